The van der Waals surface area contributed by atoms with Gasteiger partial charge in [0, 0.05) is 6.20 Å². The van der Waals surface area contributed by atoms with E-state index in [1.807, 2.05) is 6.92 Å². The first kappa shape index (κ1) is 12.0. The highest BCUT2D eigenvalue weighted by Gasteiger charge is 2.05. The van der Waals surface area contributed by atoms with E-state index in [1.54, 1.807) is 12.4 Å². The highest BCUT2D eigenvalue weighted by molar-refractivity contribution is 5.75. The van der Waals surface area contributed by atoms with Crippen LogP contribution in [-0.4, -0.2) is 30.6 Å². The van der Waals surface area contributed by atoms with E-state index in [9.17, 15) is 4.79 Å². The number of anilines is 1. The summed E-state index contributed by atoms with van der Waals surface area (Å²) in [5.41, 5.74) is 6.88. The highest BCUT2D eigenvalue weighted by atomic mass is 16.2. The number of nitrogens with zero attached hydrogens (tertiary/aromatic N) is 5. The average Bonchev–Trinajstić information content (AvgIpc) is 2.74. The Kier molecular flexibility index (Phi) is 3.46. The zero-order chi connectivity index (χ0) is 13.0. The number of hydrogen-bond acceptors (Lipinski definition) is 6. The van der Waals surface area contributed by atoms with Crippen LogP contribution in [0.1, 0.15) is 11.4 Å². The van der Waals surface area contributed by atoms with Crippen LogP contribution in [0.25, 0.3) is 0 Å². The number of hydrogen-bond donors (Lipinski definition) is 2. The fourth-order valence-corrected chi connectivity index (χ4v) is 1.29. The standard InChI is InChI=1S/C10H13N7O/c1-7-2-13-8(3-12-7)4-14-9(18)5-17-6-15-10(11)16-17/h2-3,6H,4-5H2,1H3,(H2,11,16)(H,14,18). The smallest absolute Gasteiger partial charge is 0.242 e. The van der Waals surface area contributed by atoms with E-state index in [4.69, 9.17) is 5.73 Å². The molecular weight excluding hydrogens is 234 g/mol. The van der Waals surface area contributed by atoms with Crippen molar-refractivity contribution < 1.29 is 4.79 Å². The van der Waals surface area contributed by atoms with Gasteiger partial charge in [0.2, 0.25) is 11.9 Å². The lowest BCUT2D eigenvalue weighted by molar-refractivity contribution is -0.122. The van der Waals surface area contributed by atoms with Crippen LogP contribution in [-0.2, 0) is 17.9 Å². The summed E-state index contributed by atoms with van der Waals surface area (Å²) in [6.07, 6.45) is 4.68. The normalized spacial score (nSPS) is 10.3. The Labute approximate surface area is 103 Å². The molecule has 0 aliphatic rings. The minimum Gasteiger partial charge on any atom is -0.367 e. The predicted molar refractivity (Wildman–Crippen MR) is 63.1 cm³/mol. The van der Waals surface area contributed by atoms with Gasteiger partial charge in [0.25, 0.3) is 0 Å². The van der Waals surface area contributed by atoms with Crippen LogP contribution in [0.3, 0.4) is 0 Å². The quantitative estimate of drug-likeness (QED) is 0.737. The maximum absolute atomic E-state index is 11.6. The summed E-state index contributed by atoms with van der Waals surface area (Å²) in [6.45, 7) is 2.25. The molecule has 2 aromatic rings. The minimum atomic E-state index is -0.192. The third-order valence-corrected chi connectivity index (χ3v) is 2.16. The van der Waals surface area contributed by atoms with Gasteiger partial charge in [0.15, 0.2) is 0 Å². The van der Waals surface area contributed by atoms with Crippen molar-refractivity contribution in [2.75, 3.05) is 5.73 Å². The molecule has 0 fully saturated rings. The number of carbonyl (C=O) groups excluding carboxylic acids is 1. The maximum atomic E-state index is 11.6. The Morgan fingerprint density at radius 1 is 1.39 bits per heavy atom. The molecule has 8 nitrogen and oxygen atoms in total. The van der Waals surface area contributed by atoms with E-state index in [0.29, 0.717) is 12.2 Å². The van der Waals surface area contributed by atoms with Crippen LogP contribution < -0.4 is 11.1 Å². The molecule has 0 saturated carbocycles. The Bertz CT molecular complexity index is 533. The van der Waals surface area contributed by atoms with Gasteiger partial charge < -0.3 is 11.1 Å². The lowest BCUT2D eigenvalue weighted by atomic mass is 10.4. The molecule has 2 rings (SSSR count). The van der Waals surface area contributed by atoms with Gasteiger partial charge in [-0.3, -0.25) is 14.8 Å². The summed E-state index contributed by atoms with van der Waals surface area (Å²) in [7, 11) is 0. The average molecular weight is 247 g/mol. The molecule has 0 bridgehead atoms. The van der Waals surface area contributed by atoms with Crippen molar-refractivity contribution in [2.45, 2.75) is 20.0 Å². The van der Waals surface area contributed by atoms with Crippen LogP contribution in [0.5, 0.6) is 0 Å². The Balaban J connectivity index is 1.83. The number of aromatic nitrogens is 5. The summed E-state index contributed by atoms with van der Waals surface area (Å²) < 4.78 is 1.37. The van der Waals surface area contributed by atoms with Crippen molar-refractivity contribution in [3.05, 3.63) is 30.1 Å². The van der Waals surface area contributed by atoms with Gasteiger partial charge in [-0.15, -0.1) is 5.10 Å². The van der Waals surface area contributed by atoms with Crippen molar-refractivity contribution in [1.82, 2.24) is 30.0 Å². The number of aryl methyl sites for hydroxylation is 1. The zero-order valence-electron chi connectivity index (χ0n) is 9.87. The van der Waals surface area contributed by atoms with E-state index in [1.165, 1.54) is 11.0 Å². The SMILES string of the molecule is Cc1cnc(CNC(=O)Cn2cnc(N)n2)cn1. The lowest BCUT2D eigenvalue weighted by Gasteiger charge is -2.04. The van der Waals surface area contributed by atoms with Gasteiger partial charge in [-0.05, 0) is 6.92 Å². The molecule has 0 aromatic carbocycles. The fraction of sp³-hybridized carbons (Fsp3) is 0.300. The van der Waals surface area contributed by atoms with E-state index in [2.05, 4.69) is 25.4 Å². The molecule has 1 amide bonds. The first-order chi connectivity index (χ1) is 8.63. The number of nitrogen functional groups attached to an aromatic ring is 1. The Morgan fingerprint density at radius 2 is 2.22 bits per heavy atom. The zero-order valence-corrected chi connectivity index (χ0v) is 9.87. The lowest BCUT2D eigenvalue weighted by Crippen LogP contribution is -2.27. The second kappa shape index (κ2) is 5.21. The van der Waals surface area contributed by atoms with E-state index in [0.717, 1.165) is 5.69 Å². The van der Waals surface area contributed by atoms with Crippen LogP contribution in [0.2, 0.25) is 0 Å². The van der Waals surface area contributed by atoms with E-state index in [-0.39, 0.29) is 18.4 Å². The number of nitrogens with two attached hydrogens (primary N) is 1. The summed E-state index contributed by atoms with van der Waals surface area (Å²) >= 11 is 0. The highest BCUT2D eigenvalue weighted by Crippen LogP contribution is 1.94. The van der Waals surface area contributed by atoms with Crippen molar-refractivity contribution >= 4 is 11.9 Å². The van der Waals surface area contributed by atoms with E-state index < -0.39 is 0 Å². The first-order valence-corrected chi connectivity index (χ1v) is 5.32. The largest absolute Gasteiger partial charge is 0.367 e. The molecule has 0 radical (unpaired) electrons. The van der Waals surface area contributed by atoms with Gasteiger partial charge >= 0.3 is 0 Å². The molecule has 0 unspecified atom stereocenters. The number of rotatable bonds is 4. The van der Waals surface area contributed by atoms with Gasteiger partial charge in [-0.25, -0.2) is 9.67 Å². The summed E-state index contributed by atoms with van der Waals surface area (Å²) in [6, 6.07) is 0. The fourth-order valence-electron chi connectivity index (χ4n) is 1.29. The summed E-state index contributed by atoms with van der Waals surface area (Å²) in [5, 5.41) is 6.52. The Morgan fingerprint density at radius 3 is 2.83 bits per heavy atom. The van der Waals surface area contributed by atoms with Crippen LogP contribution in [0.4, 0.5) is 5.95 Å². The molecule has 2 heterocycles. The van der Waals surface area contributed by atoms with Gasteiger partial charge in [0.1, 0.15) is 12.9 Å². The molecule has 0 aliphatic carbocycles. The molecule has 3 N–H and O–H groups in total. The summed E-state index contributed by atoms with van der Waals surface area (Å²) in [5.74, 6) is -0.0468. The number of carbonyl (C=O) groups is 1. The molecule has 94 valence electrons. The summed E-state index contributed by atoms with van der Waals surface area (Å²) in [4.78, 5) is 23.5. The van der Waals surface area contributed by atoms with Crippen molar-refractivity contribution in [3.63, 3.8) is 0 Å². The Hall–Kier alpha value is -2.51. The molecule has 2 aromatic heterocycles. The molecule has 0 spiro atoms. The van der Waals surface area contributed by atoms with E-state index >= 15 is 0 Å². The topological polar surface area (TPSA) is 112 Å². The van der Waals surface area contributed by atoms with Gasteiger partial charge in [-0.2, -0.15) is 0 Å². The third-order valence-electron chi connectivity index (χ3n) is 2.16. The number of nitrogens with one attached hydrogen (secondary N) is 1. The first-order valence-electron chi connectivity index (χ1n) is 5.32. The second-order valence-corrected chi connectivity index (χ2v) is 3.73. The molecule has 18 heavy (non-hydrogen) atoms. The molecule has 8 heteroatoms. The van der Waals surface area contributed by atoms with Crippen molar-refractivity contribution in [1.29, 1.82) is 0 Å². The number of amides is 1. The van der Waals surface area contributed by atoms with Crippen LogP contribution in [0.15, 0.2) is 18.7 Å². The van der Waals surface area contributed by atoms with Crippen molar-refractivity contribution in [2.24, 2.45) is 0 Å². The molecule has 0 atom stereocenters. The molecule has 0 aliphatic heterocycles. The monoisotopic (exact) mass is 247 g/mol. The second-order valence-electron chi connectivity index (χ2n) is 3.73. The minimum absolute atomic E-state index is 0.0729. The predicted octanol–water partition coefficient (Wildman–Crippen LogP) is -0.725. The van der Waals surface area contributed by atoms with Gasteiger partial charge in [0.05, 0.1) is 24.1 Å². The van der Waals surface area contributed by atoms with Crippen molar-refractivity contribution in [3.8, 4) is 0 Å². The third kappa shape index (κ3) is 3.24. The van der Waals surface area contributed by atoms with Crippen LogP contribution >= 0.6 is 0 Å². The molecule has 0 saturated heterocycles. The maximum Gasteiger partial charge on any atom is 0.242 e. The van der Waals surface area contributed by atoms with Gasteiger partial charge in [-0.1, -0.05) is 0 Å². The molecular formula is C10H13N7O. The van der Waals surface area contributed by atoms with Crippen LogP contribution in [0, 0.1) is 6.92 Å².